The van der Waals surface area contributed by atoms with Crippen LogP contribution in [0.1, 0.15) is 38.2 Å². The maximum absolute atomic E-state index is 5.94. The summed E-state index contributed by atoms with van der Waals surface area (Å²) in [7, 11) is 0. The SMILES string of the molecule is CCC(C)c1ccccc1OCCC1CNC1. The second-order valence-corrected chi connectivity index (χ2v) is 5.01. The van der Waals surface area contributed by atoms with E-state index in [1.807, 2.05) is 0 Å². The van der Waals surface area contributed by atoms with Crippen molar-refractivity contribution in [2.45, 2.75) is 32.6 Å². The number of rotatable bonds is 6. The van der Waals surface area contributed by atoms with E-state index in [0.29, 0.717) is 5.92 Å². The van der Waals surface area contributed by atoms with E-state index in [2.05, 4.69) is 43.4 Å². The predicted octanol–water partition coefficient (Wildman–Crippen LogP) is 3.19. The van der Waals surface area contributed by atoms with Crippen molar-refractivity contribution in [3.63, 3.8) is 0 Å². The molecular formula is C15H23NO. The molecule has 1 atom stereocenters. The molecule has 2 heteroatoms. The third kappa shape index (κ3) is 3.22. The highest BCUT2D eigenvalue weighted by atomic mass is 16.5. The van der Waals surface area contributed by atoms with E-state index in [4.69, 9.17) is 4.74 Å². The average molecular weight is 233 g/mol. The van der Waals surface area contributed by atoms with Crippen LogP contribution in [0.4, 0.5) is 0 Å². The maximum atomic E-state index is 5.94. The lowest BCUT2D eigenvalue weighted by atomic mass is 9.97. The van der Waals surface area contributed by atoms with Gasteiger partial charge in [0.1, 0.15) is 5.75 Å². The van der Waals surface area contributed by atoms with Crippen LogP contribution in [0.2, 0.25) is 0 Å². The summed E-state index contributed by atoms with van der Waals surface area (Å²) >= 11 is 0. The standard InChI is InChI=1S/C15H23NO/c1-3-12(2)14-6-4-5-7-15(14)17-9-8-13-10-16-11-13/h4-7,12-13,16H,3,8-11H2,1-2H3. The van der Waals surface area contributed by atoms with Crippen LogP contribution >= 0.6 is 0 Å². The Balaban J connectivity index is 1.89. The molecule has 1 aliphatic rings. The Kier molecular flexibility index (Phi) is 4.43. The smallest absolute Gasteiger partial charge is 0.122 e. The summed E-state index contributed by atoms with van der Waals surface area (Å²) in [5, 5.41) is 3.29. The minimum atomic E-state index is 0.580. The van der Waals surface area contributed by atoms with Gasteiger partial charge < -0.3 is 10.1 Å². The summed E-state index contributed by atoms with van der Waals surface area (Å²) in [6.07, 6.45) is 2.33. The van der Waals surface area contributed by atoms with E-state index >= 15 is 0 Å². The quantitative estimate of drug-likeness (QED) is 0.814. The molecule has 0 spiro atoms. The van der Waals surface area contributed by atoms with E-state index < -0.39 is 0 Å². The number of benzene rings is 1. The first-order chi connectivity index (χ1) is 8.31. The van der Waals surface area contributed by atoms with Gasteiger partial charge in [0.2, 0.25) is 0 Å². The van der Waals surface area contributed by atoms with Gasteiger partial charge in [-0.1, -0.05) is 32.0 Å². The van der Waals surface area contributed by atoms with E-state index in [0.717, 1.165) is 37.8 Å². The Bertz CT molecular complexity index is 347. The van der Waals surface area contributed by atoms with Crippen molar-refractivity contribution in [2.75, 3.05) is 19.7 Å². The number of para-hydroxylation sites is 1. The Labute approximate surface area is 104 Å². The van der Waals surface area contributed by atoms with E-state index in [9.17, 15) is 0 Å². The van der Waals surface area contributed by atoms with Gasteiger partial charge in [-0.25, -0.2) is 0 Å². The predicted molar refractivity (Wildman–Crippen MR) is 71.6 cm³/mol. The molecule has 1 aromatic rings. The number of hydrogen-bond acceptors (Lipinski definition) is 2. The third-order valence-electron chi connectivity index (χ3n) is 3.71. The third-order valence-corrected chi connectivity index (χ3v) is 3.71. The Morgan fingerprint density at radius 3 is 2.76 bits per heavy atom. The van der Waals surface area contributed by atoms with Gasteiger partial charge >= 0.3 is 0 Å². The van der Waals surface area contributed by atoms with E-state index in [-0.39, 0.29) is 0 Å². The number of hydrogen-bond donors (Lipinski definition) is 1. The highest BCUT2D eigenvalue weighted by molar-refractivity contribution is 5.35. The van der Waals surface area contributed by atoms with Crippen LogP contribution < -0.4 is 10.1 Å². The Morgan fingerprint density at radius 1 is 1.35 bits per heavy atom. The first kappa shape index (κ1) is 12.4. The summed E-state index contributed by atoms with van der Waals surface area (Å²) < 4.78 is 5.94. The molecule has 0 saturated carbocycles. The monoisotopic (exact) mass is 233 g/mol. The second kappa shape index (κ2) is 6.06. The van der Waals surface area contributed by atoms with Crippen molar-refractivity contribution >= 4 is 0 Å². The molecule has 1 aliphatic heterocycles. The van der Waals surface area contributed by atoms with Crippen molar-refractivity contribution in [1.29, 1.82) is 0 Å². The van der Waals surface area contributed by atoms with Crippen LogP contribution in [0.5, 0.6) is 5.75 Å². The molecule has 94 valence electrons. The molecule has 2 rings (SSSR count). The van der Waals surface area contributed by atoms with Crippen molar-refractivity contribution in [3.05, 3.63) is 29.8 Å². The van der Waals surface area contributed by atoms with Gasteiger partial charge in [0.15, 0.2) is 0 Å². The summed E-state index contributed by atoms with van der Waals surface area (Å²) in [5.74, 6) is 2.48. The van der Waals surface area contributed by atoms with E-state index in [1.165, 1.54) is 12.0 Å². The zero-order chi connectivity index (χ0) is 12.1. The maximum Gasteiger partial charge on any atom is 0.122 e. The van der Waals surface area contributed by atoms with Crippen LogP contribution in [-0.2, 0) is 0 Å². The second-order valence-electron chi connectivity index (χ2n) is 5.01. The Hall–Kier alpha value is -1.02. The molecule has 1 N–H and O–H groups in total. The van der Waals surface area contributed by atoms with Gasteiger partial charge in [0, 0.05) is 0 Å². The van der Waals surface area contributed by atoms with E-state index in [1.54, 1.807) is 0 Å². The number of ether oxygens (including phenoxy) is 1. The summed E-state index contributed by atoms with van der Waals surface area (Å²) in [6.45, 7) is 7.66. The molecule has 17 heavy (non-hydrogen) atoms. The molecule has 0 aliphatic carbocycles. The minimum Gasteiger partial charge on any atom is -0.493 e. The fraction of sp³-hybridized carbons (Fsp3) is 0.600. The lowest BCUT2D eigenvalue weighted by Gasteiger charge is -2.27. The summed E-state index contributed by atoms with van der Waals surface area (Å²) in [6, 6.07) is 8.45. The van der Waals surface area contributed by atoms with Crippen LogP contribution in [-0.4, -0.2) is 19.7 Å². The first-order valence-electron chi connectivity index (χ1n) is 6.73. The molecule has 0 bridgehead atoms. The molecule has 2 nitrogen and oxygen atoms in total. The van der Waals surface area contributed by atoms with Gasteiger partial charge in [0.05, 0.1) is 6.61 Å². The fourth-order valence-electron chi connectivity index (χ4n) is 2.13. The molecule has 1 heterocycles. The molecule has 1 aromatic carbocycles. The van der Waals surface area contributed by atoms with Crippen LogP contribution in [0.3, 0.4) is 0 Å². The molecule has 0 aromatic heterocycles. The summed E-state index contributed by atoms with van der Waals surface area (Å²) in [4.78, 5) is 0. The van der Waals surface area contributed by atoms with Crippen LogP contribution in [0.25, 0.3) is 0 Å². The average Bonchev–Trinajstić information content (AvgIpc) is 2.32. The summed E-state index contributed by atoms with van der Waals surface area (Å²) in [5.41, 5.74) is 1.35. The normalized spacial score (nSPS) is 17.5. The largest absolute Gasteiger partial charge is 0.493 e. The van der Waals surface area contributed by atoms with Crippen molar-refractivity contribution in [2.24, 2.45) is 5.92 Å². The highest BCUT2D eigenvalue weighted by Gasteiger charge is 2.16. The molecular weight excluding hydrogens is 210 g/mol. The first-order valence-corrected chi connectivity index (χ1v) is 6.73. The molecule has 1 fully saturated rings. The van der Waals surface area contributed by atoms with Crippen molar-refractivity contribution < 1.29 is 4.74 Å². The van der Waals surface area contributed by atoms with Crippen LogP contribution in [0.15, 0.2) is 24.3 Å². The molecule has 0 radical (unpaired) electrons. The molecule has 0 amide bonds. The van der Waals surface area contributed by atoms with Gasteiger partial charge in [-0.05, 0) is 49.4 Å². The van der Waals surface area contributed by atoms with Gasteiger partial charge in [-0.2, -0.15) is 0 Å². The lowest BCUT2D eigenvalue weighted by Crippen LogP contribution is -2.42. The number of nitrogens with one attached hydrogen (secondary N) is 1. The van der Waals surface area contributed by atoms with Crippen LogP contribution in [0, 0.1) is 5.92 Å². The highest BCUT2D eigenvalue weighted by Crippen LogP contribution is 2.28. The topological polar surface area (TPSA) is 21.3 Å². The van der Waals surface area contributed by atoms with Gasteiger partial charge in [0.25, 0.3) is 0 Å². The zero-order valence-electron chi connectivity index (χ0n) is 10.9. The Morgan fingerprint density at radius 2 is 2.12 bits per heavy atom. The lowest BCUT2D eigenvalue weighted by molar-refractivity contribution is 0.236. The van der Waals surface area contributed by atoms with Gasteiger partial charge in [-0.15, -0.1) is 0 Å². The minimum absolute atomic E-state index is 0.580. The van der Waals surface area contributed by atoms with Crippen molar-refractivity contribution in [1.82, 2.24) is 5.32 Å². The van der Waals surface area contributed by atoms with Crippen molar-refractivity contribution in [3.8, 4) is 5.75 Å². The zero-order valence-corrected chi connectivity index (χ0v) is 10.9. The molecule has 1 saturated heterocycles. The fourth-order valence-corrected chi connectivity index (χ4v) is 2.13. The molecule has 1 unspecified atom stereocenters. The van der Waals surface area contributed by atoms with Gasteiger partial charge in [-0.3, -0.25) is 0 Å².